The van der Waals surface area contributed by atoms with Crippen molar-refractivity contribution in [3.63, 3.8) is 0 Å². The molecule has 0 bridgehead atoms. The van der Waals surface area contributed by atoms with Gasteiger partial charge in [-0.15, -0.1) is 0 Å². The van der Waals surface area contributed by atoms with Crippen molar-refractivity contribution in [1.29, 1.82) is 0 Å². The maximum Gasteiger partial charge on any atom is 0.192 e. The summed E-state index contributed by atoms with van der Waals surface area (Å²) in [6, 6.07) is 5.87. The van der Waals surface area contributed by atoms with Crippen molar-refractivity contribution in [2.75, 3.05) is 6.61 Å². The SMILES string of the molecule is Cc1nc2ccc(C(C)(C)CO)cc2o1. The molecule has 3 heteroatoms. The Morgan fingerprint density at radius 1 is 1.40 bits per heavy atom. The van der Waals surface area contributed by atoms with E-state index < -0.39 is 0 Å². The molecule has 1 aromatic carbocycles. The molecule has 80 valence electrons. The Kier molecular flexibility index (Phi) is 2.27. The Labute approximate surface area is 88.7 Å². The van der Waals surface area contributed by atoms with Crippen LogP contribution in [0.5, 0.6) is 0 Å². The number of rotatable bonds is 2. The van der Waals surface area contributed by atoms with E-state index in [1.54, 1.807) is 0 Å². The predicted octanol–water partition coefficient (Wildman–Crippen LogP) is 2.41. The number of benzene rings is 1. The first-order valence-electron chi connectivity index (χ1n) is 5.01. The normalized spacial score (nSPS) is 12.3. The van der Waals surface area contributed by atoms with Gasteiger partial charge in [-0.3, -0.25) is 0 Å². The van der Waals surface area contributed by atoms with Gasteiger partial charge in [0.15, 0.2) is 11.5 Å². The molecule has 0 aliphatic rings. The van der Waals surface area contributed by atoms with Crippen LogP contribution in [0.3, 0.4) is 0 Å². The summed E-state index contributed by atoms with van der Waals surface area (Å²) in [7, 11) is 0. The van der Waals surface area contributed by atoms with Crippen molar-refractivity contribution < 1.29 is 9.52 Å². The smallest absolute Gasteiger partial charge is 0.192 e. The zero-order valence-electron chi connectivity index (χ0n) is 9.24. The highest BCUT2D eigenvalue weighted by atomic mass is 16.3. The van der Waals surface area contributed by atoms with Gasteiger partial charge in [0.2, 0.25) is 0 Å². The van der Waals surface area contributed by atoms with Crippen LogP contribution in [0.2, 0.25) is 0 Å². The molecule has 0 fully saturated rings. The van der Waals surface area contributed by atoms with Crippen LogP contribution >= 0.6 is 0 Å². The third-order valence-corrected chi connectivity index (χ3v) is 2.67. The van der Waals surface area contributed by atoms with Crippen LogP contribution in [-0.2, 0) is 5.41 Å². The van der Waals surface area contributed by atoms with Crippen LogP contribution in [0.25, 0.3) is 11.1 Å². The average molecular weight is 205 g/mol. The number of aliphatic hydroxyl groups is 1. The zero-order chi connectivity index (χ0) is 11.1. The van der Waals surface area contributed by atoms with Crippen LogP contribution in [0.15, 0.2) is 22.6 Å². The third kappa shape index (κ3) is 1.75. The van der Waals surface area contributed by atoms with Crippen LogP contribution in [-0.4, -0.2) is 16.7 Å². The number of aryl methyl sites for hydroxylation is 1. The summed E-state index contributed by atoms with van der Waals surface area (Å²) in [4.78, 5) is 4.23. The average Bonchev–Trinajstić information content (AvgIpc) is 2.56. The van der Waals surface area contributed by atoms with Crippen molar-refractivity contribution in [2.45, 2.75) is 26.2 Å². The lowest BCUT2D eigenvalue weighted by atomic mass is 9.85. The van der Waals surface area contributed by atoms with Gasteiger partial charge in [-0.25, -0.2) is 4.98 Å². The second kappa shape index (κ2) is 3.35. The van der Waals surface area contributed by atoms with E-state index in [2.05, 4.69) is 4.98 Å². The summed E-state index contributed by atoms with van der Waals surface area (Å²) < 4.78 is 5.46. The summed E-state index contributed by atoms with van der Waals surface area (Å²) in [6.45, 7) is 5.94. The van der Waals surface area contributed by atoms with E-state index in [0.717, 1.165) is 16.7 Å². The molecule has 15 heavy (non-hydrogen) atoms. The van der Waals surface area contributed by atoms with Gasteiger partial charge in [0.25, 0.3) is 0 Å². The molecule has 0 aliphatic heterocycles. The summed E-state index contributed by atoms with van der Waals surface area (Å²) in [5, 5.41) is 9.28. The maximum absolute atomic E-state index is 9.28. The number of oxazole rings is 1. The Balaban J connectivity index is 2.55. The number of hydrogen-bond acceptors (Lipinski definition) is 3. The van der Waals surface area contributed by atoms with E-state index in [0.29, 0.717) is 5.89 Å². The molecule has 0 amide bonds. The van der Waals surface area contributed by atoms with Crippen LogP contribution in [0.4, 0.5) is 0 Å². The highest BCUT2D eigenvalue weighted by molar-refractivity contribution is 5.73. The van der Waals surface area contributed by atoms with E-state index in [4.69, 9.17) is 4.42 Å². The minimum absolute atomic E-state index is 0.117. The van der Waals surface area contributed by atoms with Gasteiger partial charge < -0.3 is 9.52 Å². The van der Waals surface area contributed by atoms with E-state index >= 15 is 0 Å². The summed E-state index contributed by atoms with van der Waals surface area (Å²) in [5.41, 5.74) is 2.47. The largest absolute Gasteiger partial charge is 0.441 e. The van der Waals surface area contributed by atoms with Gasteiger partial charge in [-0.1, -0.05) is 19.9 Å². The second-order valence-electron chi connectivity index (χ2n) is 4.46. The summed E-state index contributed by atoms with van der Waals surface area (Å²) in [6.07, 6.45) is 0. The fourth-order valence-electron chi connectivity index (χ4n) is 1.55. The monoisotopic (exact) mass is 205 g/mol. The number of nitrogens with zero attached hydrogens (tertiary/aromatic N) is 1. The quantitative estimate of drug-likeness (QED) is 0.818. The molecule has 1 N–H and O–H groups in total. The first-order valence-corrected chi connectivity index (χ1v) is 5.01. The lowest BCUT2D eigenvalue weighted by molar-refractivity contribution is 0.218. The summed E-state index contributed by atoms with van der Waals surface area (Å²) >= 11 is 0. The molecule has 0 spiro atoms. The predicted molar refractivity (Wildman–Crippen MR) is 58.9 cm³/mol. The van der Waals surface area contributed by atoms with Gasteiger partial charge in [-0.05, 0) is 17.7 Å². The fourth-order valence-corrected chi connectivity index (χ4v) is 1.55. The fraction of sp³-hybridized carbons (Fsp3) is 0.417. The van der Waals surface area contributed by atoms with Gasteiger partial charge in [-0.2, -0.15) is 0 Å². The molecule has 0 radical (unpaired) electrons. The van der Waals surface area contributed by atoms with E-state index in [-0.39, 0.29) is 12.0 Å². The van der Waals surface area contributed by atoms with Crippen molar-refractivity contribution >= 4 is 11.1 Å². The third-order valence-electron chi connectivity index (χ3n) is 2.67. The first-order chi connectivity index (χ1) is 7.03. The van der Waals surface area contributed by atoms with Crippen LogP contribution in [0.1, 0.15) is 25.3 Å². The Bertz CT molecular complexity index is 485. The molecule has 0 atom stereocenters. The van der Waals surface area contributed by atoms with Gasteiger partial charge in [0.1, 0.15) is 5.52 Å². The molecule has 2 rings (SSSR count). The molecule has 1 aromatic heterocycles. The van der Waals surface area contributed by atoms with Crippen LogP contribution < -0.4 is 0 Å². The molecule has 2 aromatic rings. The van der Waals surface area contributed by atoms with Gasteiger partial charge in [0.05, 0.1) is 6.61 Å². The van der Waals surface area contributed by atoms with E-state index in [1.807, 2.05) is 39.0 Å². The maximum atomic E-state index is 9.28. The Morgan fingerprint density at radius 3 is 2.80 bits per heavy atom. The minimum atomic E-state index is -0.241. The number of aliphatic hydroxyl groups excluding tert-OH is 1. The van der Waals surface area contributed by atoms with Crippen molar-refractivity contribution in [3.8, 4) is 0 Å². The minimum Gasteiger partial charge on any atom is -0.441 e. The molecule has 1 heterocycles. The Morgan fingerprint density at radius 2 is 2.13 bits per heavy atom. The Hall–Kier alpha value is -1.35. The molecule has 0 saturated carbocycles. The molecule has 0 unspecified atom stereocenters. The van der Waals surface area contributed by atoms with E-state index in [1.165, 1.54) is 0 Å². The number of hydrogen-bond donors (Lipinski definition) is 1. The molecule has 0 aliphatic carbocycles. The standard InChI is InChI=1S/C12H15NO2/c1-8-13-10-5-4-9(6-11(10)15-8)12(2,3)7-14/h4-6,14H,7H2,1-3H3. The topological polar surface area (TPSA) is 46.3 Å². The molecule has 0 saturated heterocycles. The summed E-state index contributed by atoms with van der Waals surface area (Å²) in [5.74, 6) is 0.670. The van der Waals surface area contributed by atoms with Crippen molar-refractivity contribution in [1.82, 2.24) is 4.98 Å². The molecular formula is C12H15NO2. The van der Waals surface area contributed by atoms with Crippen LogP contribution in [0, 0.1) is 6.92 Å². The lowest BCUT2D eigenvalue weighted by Crippen LogP contribution is -2.21. The lowest BCUT2D eigenvalue weighted by Gasteiger charge is -2.21. The molecule has 3 nitrogen and oxygen atoms in total. The zero-order valence-corrected chi connectivity index (χ0v) is 9.24. The second-order valence-corrected chi connectivity index (χ2v) is 4.46. The highest BCUT2D eigenvalue weighted by Gasteiger charge is 2.20. The molecular weight excluding hydrogens is 190 g/mol. The van der Waals surface area contributed by atoms with Gasteiger partial charge >= 0.3 is 0 Å². The number of fused-ring (bicyclic) bond motifs is 1. The highest BCUT2D eigenvalue weighted by Crippen LogP contribution is 2.26. The van der Waals surface area contributed by atoms with Crippen molar-refractivity contribution in [2.24, 2.45) is 0 Å². The van der Waals surface area contributed by atoms with E-state index in [9.17, 15) is 5.11 Å². The van der Waals surface area contributed by atoms with Crippen molar-refractivity contribution in [3.05, 3.63) is 29.7 Å². The number of aromatic nitrogens is 1. The van der Waals surface area contributed by atoms with Gasteiger partial charge in [0, 0.05) is 12.3 Å². The first kappa shape index (κ1) is 10.2.